The quantitative estimate of drug-likeness (QED) is 0.685. The van der Waals surface area contributed by atoms with Gasteiger partial charge in [-0.15, -0.1) is 0 Å². The fraction of sp³-hybridized carbons (Fsp3) is 0.154. The highest BCUT2D eigenvalue weighted by Crippen LogP contribution is 2.33. The summed E-state index contributed by atoms with van der Waals surface area (Å²) >= 11 is 0. The molecule has 7 heteroatoms. The van der Waals surface area contributed by atoms with Crippen LogP contribution in [0.4, 0.5) is 10.1 Å². The number of pyridine rings is 1. The first-order chi connectivity index (χ1) is 9.49. The lowest BCUT2D eigenvalue weighted by molar-refractivity contribution is -0.385. The highest BCUT2D eigenvalue weighted by molar-refractivity contribution is 5.48. The second-order valence-electron chi connectivity index (χ2n) is 4.16. The van der Waals surface area contributed by atoms with E-state index < -0.39 is 16.4 Å². The Balaban J connectivity index is 2.43. The van der Waals surface area contributed by atoms with Crippen LogP contribution >= 0.6 is 0 Å². The number of aromatic nitrogens is 1. The lowest BCUT2D eigenvalue weighted by atomic mass is 10.1. The molecular weight excluding hydrogens is 265 g/mol. The zero-order valence-corrected chi connectivity index (χ0v) is 10.6. The average Bonchev–Trinajstić information content (AvgIpc) is 2.41. The van der Waals surface area contributed by atoms with Crippen LogP contribution in [0.2, 0.25) is 0 Å². The zero-order valence-electron chi connectivity index (χ0n) is 10.6. The van der Waals surface area contributed by atoms with Gasteiger partial charge in [0, 0.05) is 17.8 Å². The zero-order chi connectivity index (χ0) is 14.7. The normalized spacial score (nSPS) is 11.9. The highest BCUT2D eigenvalue weighted by atomic mass is 19.1. The minimum atomic E-state index is -0.715. The highest BCUT2D eigenvalue weighted by Gasteiger charge is 2.19. The molecule has 0 radical (unpaired) electrons. The van der Waals surface area contributed by atoms with Crippen molar-refractivity contribution < 1.29 is 14.1 Å². The van der Waals surface area contributed by atoms with Gasteiger partial charge in [0.15, 0.2) is 0 Å². The second-order valence-corrected chi connectivity index (χ2v) is 4.16. The monoisotopic (exact) mass is 277 g/mol. The molecule has 20 heavy (non-hydrogen) atoms. The van der Waals surface area contributed by atoms with E-state index in [0.29, 0.717) is 5.56 Å². The number of nitro benzene ring substituents is 1. The third-order valence-corrected chi connectivity index (χ3v) is 2.62. The number of benzene rings is 1. The number of hydrogen-bond donors (Lipinski definition) is 1. The van der Waals surface area contributed by atoms with E-state index in [1.807, 2.05) is 0 Å². The van der Waals surface area contributed by atoms with E-state index in [1.165, 1.54) is 12.3 Å². The van der Waals surface area contributed by atoms with Gasteiger partial charge >= 0.3 is 5.69 Å². The Kier molecular flexibility index (Phi) is 3.90. The summed E-state index contributed by atoms with van der Waals surface area (Å²) < 4.78 is 18.5. The van der Waals surface area contributed by atoms with Crippen LogP contribution in [0, 0.1) is 15.9 Å². The first-order valence-electron chi connectivity index (χ1n) is 5.81. The molecule has 2 rings (SSSR count). The maximum absolute atomic E-state index is 13.1. The van der Waals surface area contributed by atoms with Crippen molar-refractivity contribution in [2.75, 3.05) is 0 Å². The third-order valence-electron chi connectivity index (χ3n) is 2.62. The Morgan fingerprint density at radius 3 is 2.85 bits per heavy atom. The van der Waals surface area contributed by atoms with Gasteiger partial charge in [-0.3, -0.25) is 10.1 Å². The summed E-state index contributed by atoms with van der Waals surface area (Å²) in [5.74, 6) is -0.633. The lowest BCUT2D eigenvalue weighted by Crippen LogP contribution is -2.07. The molecule has 0 spiro atoms. The Labute approximate surface area is 114 Å². The number of hydrogen-bond acceptors (Lipinski definition) is 5. The summed E-state index contributed by atoms with van der Waals surface area (Å²) in [6, 6.07) is 6.11. The van der Waals surface area contributed by atoms with Crippen LogP contribution in [0.3, 0.4) is 0 Å². The molecule has 104 valence electrons. The van der Waals surface area contributed by atoms with Crippen LogP contribution in [0.25, 0.3) is 0 Å². The molecule has 2 aromatic rings. The Bertz CT molecular complexity index is 647. The van der Waals surface area contributed by atoms with E-state index in [4.69, 9.17) is 10.5 Å². The Morgan fingerprint density at radius 1 is 1.45 bits per heavy atom. The third kappa shape index (κ3) is 2.89. The van der Waals surface area contributed by atoms with Gasteiger partial charge < -0.3 is 10.5 Å². The van der Waals surface area contributed by atoms with Gasteiger partial charge in [0.2, 0.25) is 11.6 Å². The van der Waals surface area contributed by atoms with Gasteiger partial charge in [0.25, 0.3) is 0 Å². The van der Waals surface area contributed by atoms with Crippen molar-refractivity contribution in [1.29, 1.82) is 0 Å². The van der Waals surface area contributed by atoms with Gasteiger partial charge in [-0.1, -0.05) is 6.07 Å². The largest absolute Gasteiger partial charge is 0.431 e. The molecule has 0 bridgehead atoms. The number of nitro groups is 1. The van der Waals surface area contributed by atoms with Crippen molar-refractivity contribution in [1.82, 2.24) is 4.98 Å². The predicted molar refractivity (Wildman–Crippen MR) is 70.0 cm³/mol. The molecule has 1 atom stereocenters. The van der Waals surface area contributed by atoms with Crippen LogP contribution in [0.1, 0.15) is 18.5 Å². The summed E-state index contributed by atoms with van der Waals surface area (Å²) in [5, 5.41) is 10.9. The fourth-order valence-corrected chi connectivity index (χ4v) is 1.66. The van der Waals surface area contributed by atoms with Gasteiger partial charge in [-0.05, 0) is 25.1 Å². The van der Waals surface area contributed by atoms with Crippen molar-refractivity contribution in [3.63, 3.8) is 0 Å². The molecule has 0 saturated heterocycles. The molecule has 0 aliphatic heterocycles. The van der Waals surface area contributed by atoms with E-state index in [2.05, 4.69) is 4.98 Å². The van der Waals surface area contributed by atoms with Crippen LogP contribution in [0.5, 0.6) is 11.6 Å². The molecule has 0 aliphatic carbocycles. The molecule has 0 saturated carbocycles. The van der Waals surface area contributed by atoms with Crippen molar-refractivity contribution in [3.05, 3.63) is 58.0 Å². The fourth-order valence-electron chi connectivity index (χ4n) is 1.66. The maximum Gasteiger partial charge on any atom is 0.314 e. The first-order valence-corrected chi connectivity index (χ1v) is 5.81. The maximum atomic E-state index is 13.1. The van der Waals surface area contributed by atoms with Gasteiger partial charge in [-0.25, -0.2) is 9.37 Å². The van der Waals surface area contributed by atoms with Crippen molar-refractivity contribution in [2.45, 2.75) is 13.0 Å². The number of halogens is 1. The predicted octanol–water partition coefficient (Wildman–Crippen LogP) is 2.94. The topological polar surface area (TPSA) is 91.3 Å². The lowest BCUT2D eigenvalue weighted by Gasteiger charge is -2.12. The van der Waals surface area contributed by atoms with E-state index >= 15 is 0 Å². The SMILES string of the molecule is C[C@@H](N)c1cccnc1Oc1ccc(F)cc1[N+](=O)[O-]. The summed E-state index contributed by atoms with van der Waals surface area (Å²) in [4.78, 5) is 14.2. The summed E-state index contributed by atoms with van der Waals surface area (Å²) in [6.45, 7) is 1.74. The number of nitrogens with two attached hydrogens (primary N) is 1. The van der Waals surface area contributed by atoms with Crippen LogP contribution in [0.15, 0.2) is 36.5 Å². The van der Waals surface area contributed by atoms with E-state index in [-0.39, 0.29) is 17.7 Å². The molecule has 1 aromatic heterocycles. The van der Waals surface area contributed by atoms with Crippen LogP contribution < -0.4 is 10.5 Å². The Morgan fingerprint density at radius 2 is 2.20 bits per heavy atom. The summed E-state index contributed by atoms with van der Waals surface area (Å²) in [7, 11) is 0. The average molecular weight is 277 g/mol. The number of ether oxygens (including phenoxy) is 1. The van der Waals surface area contributed by atoms with Gasteiger partial charge in [0.1, 0.15) is 5.82 Å². The molecule has 0 aliphatic rings. The van der Waals surface area contributed by atoms with Crippen LogP contribution in [-0.4, -0.2) is 9.91 Å². The van der Waals surface area contributed by atoms with Crippen molar-refractivity contribution >= 4 is 5.69 Å². The molecule has 6 nitrogen and oxygen atoms in total. The minimum absolute atomic E-state index is 0.0861. The molecule has 0 fully saturated rings. The second kappa shape index (κ2) is 5.62. The molecule has 1 heterocycles. The molecule has 0 amide bonds. The number of nitrogens with zero attached hydrogens (tertiary/aromatic N) is 2. The van der Waals surface area contributed by atoms with E-state index in [1.54, 1.807) is 19.1 Å². The first kappa shape index (κ1) is 13.9. The van der Waals surface area contributed by atoms with Gasteiger partial charge in [-0.2, -0.15) is 0 Å². The molecule has 2 N–H and O–H groups in total. The summed E-state index contributed by atoms with van der Waals surface area (Å²) in [6.07, 6.45) is 1.48. The molecule has 1 aromatic carbocycles. The van der Waals surface area contributed by atoms with Crippen molar-refractivity contribution in [2.24, 2.45) is 5.73 Å². The number of rotatable bonds is 4. The Hall–Kier alpha value is -2.54. The van der Waals surface area contributed by atoms with Gasteiger partial charge in [0.05, 0.1) is 11.0 Å². The molecule has 0 unspecified atom stereocenters. The molecular formula is C13H12FN3O3. The minimum Gasteiger partial charge on any atom is -0.431 e. The van der Waals surface area contributed by atoms with E-state index in [9.17, 15) is 14.5 Å². The van der Waals surface area contributed by atoms with Crippen LogP contribution in [-0.2, 0) is 0 Å². The van der Waals surface area contributed by atoms with E-state index in [0.717, 1.165) is 12.1 Å². The summed E-state index contributed by atoms with van der Waals surface area (Å²) in [5.41, 5.74) is 5.91. The van der Waals surface area contributed by atoms with Crippen molar-refractivity contribution in [3.8, 4) is 11.6 Å². The smallest absolute Gasteiger partial charge is 0.314 e. The standard InChI is InChI=1S/C13H12FN3O3/c1-8(15)10-3-2-6-16-13(10)20-12-5-4-9(14)7-11(12)17(18)19/h2-8H,15H2,1H3/t8-/m1/s1.